The number of unbranched alkanes of at least 4 members (excludes halogenated alkanes) is 1. The van der Waals surface area contributed by atoms with Crippen LogP contribution in [0.5, 0.6) is 0 Å². The topological polar surface area (TPSA) is 80.9 Å². The standard InChI is InChI=1S/C13H15BrN4O2S/c1-2-3-6-18-12(15-16-17-18)8-21-11-7-9(14)4-5-10(11)13(19)20/h4-5,7H,2-3,6,8H2,1H3,(H,19,20). The van der Waals surface area contributed by atoms with Crippen molar-refractivity contribution >= 4 is 33.7 Å². The number of aryl methyl sites for hydroxylation is 1. The highest BCUT2D eigenvalue weighted by Gasteiger charge is 2.13. The third-order valence-corrected chi connectivity index (χ3v) is 4.40. The van der Waals surface area contributed by atoms with Crippen LogP contribution in [0.1, 0.15) is 35.9 Å². The van der Waals surface area contributed by atoms with Crippen molar-refractivity contribution in [1.29, 1.82) is 0 Å². The van der Waals surface area contributed by atoms with E-state index in [2.05, 4.69) is 38.4 Å². The Balaban J connectivity index is 2.11. The highest BCUT2D eigenvalue weighted by molar-refractivity contribution is 9.10. The van der Waals surface area contributed by atoms with E-state index in [0.717, 1.165) is 29.7 Å². The molecule has 1 aromatic carbocycles. The molecule has 0 aliphatic heterocycles. The van der Waals surface area contributed by atoms with E-state index in [0.29, 0.717) is 10.6 Å². The second-order valence-corrected chi connectivity index (χ2v) is 6.34. The van der Waals surface area contributed by atoms with Crippen LogP contribution in [0.3, 0.4) is 0 Å². The fraction of sp³-hybridized carbons (Fsp3) is 0.385. The third-order valence-electron chi connectivity index (χ3n) is 2.86. The number of rotatable bonds is 7. The van der Waals surface area contributed by atoms with Crippen LogP contribution in [0.15, 0.2) is 27.6 Å². The van der Waals surface area contributed by atoms with E-state index in [1.807, 2.05) is 0 Å². The fourth-order valence-electron chi connectivity index (χ4n) is 1.74. The lowest BCUT2D eigenvalue weighted by Crippen LogP contribution is -2.05. The number of thioether (sulfide) groups is 1. The van der Waals surface area contributed by atoms with Gasteiger partial charge in [-0.2, -0.15) is 0 Å². The Labute approximate surface area is 135 Å². The molecular weight excluding hydrogens is 356 g/mol. The summed E-state index contributed by atoms with van der Waals surface area (Å²) in [4.78, 5) is 11.9. The van der Waals surface area contributed by atoms with Gasteiger partial charge in [-0.1, -0.05) is 29.3 Å². The van der Waals surface area contributed by atoms with Crippen LogP contribution in [0.4, 0.5) is 0 Å². The lowest BCUT2D eigenvalue weighted by Gasteiger charge is -2.07. The zero-order valence-electron chi connectivity index (χ0n) is 11.5. The predicted octanol–water partition coefficient (Wildman–Crippen LogP) is 3.23. The molecule has 21 heavy (non-hydrogen) atoms. The van der Waals surface area contributed by atoms with Gasteiger partial charge in [-0.3, -0.25) is 0 Å². The zero-order valence-corrected chi connectivity index (χ0v) is 13.9. The van der Waals surface area contributed by atoms with Crippen LogP contribution in [0.2, 0.25) is 0 Å². The summed E-state index contributed by atoms with van der Waals surface area (Å²) in [6.45, 7) is 2.89. The molecule has 0 saturated carbocycles. The maximum atomic E-state index is 11.2. The lowest BCUT2D eigenvalue weighted by molar-refractivity contribution is 0.0693. The van der Waals surface area contributed by atoms with Crippen LogP contribution in [0, 0.1) is 0 Å². The van der Waals surface area contributed by atoms with Crippen molar-refractivity contribution in [2.24, 2.45) is 0 Å². The Morgan fingerprint density at radius 2 is 2.29 bits per heavy atom. The van der Waals surface area contributed by atoms with E-state index >= 15 is 0 Å². The molecule has 1 aromatic heterocycles. The van der Waals surface area contributed by atoms with Crippen molar-refractivity contribution in [2.75, 3.05) is 0 Å². The summed E-state index contributed by atoms with van der Waals surface area (Å²) in [6, 6.07) is 5.11. The molecule has 0 spiro atoms. The number of aromatic carboxylic acids is 1. The second-order valence-electron chi connectivity index (χ2n) is 4.41. The number of nitrogens with zero attached hydrogens (tertiary/aromatic N) is 4. The maximum absolute atomic E-state index is 11.2. The zero-order chi connectivity index (χ0) is 15.2. The number of carbonyl (C=O) groups is 1. The molecule has 1 N–H and O–H groups in total. The molecule has 112 valence electrons. The van der Waals surface area contributed by atoms with Gasteiger partial charge in [0, 0.05) is 15.9 Å². The average molecular weight is 371 g/mol. The van der Waals surface area contributed by atoms with Gasteiger partial charge in [-0.05, 0) is 35.0 Å². The predicted molar refractivity (Wildman–Crippen MR) is 83.4 cm³/mol. The van der Waals surface area contributed by atoms with Gasteiger partial charge in [-0.15, -0.1) is 16.9 Å². The summed E-state index contributed by atoms with van der Waals surface area (Å²) in [5, 5.41) is 20.9. The fourth-order valence-corrected chi connectivity index (χ4v) is 3.27. The first-order chi connectivity index (χ1) is 10.1. The van der Waals surface area contributed by atoms with Crippen molar-refractivity contribution < 1.29 is 9.90 Å². The monoisotopic (exact) mass is 370 g/mol. The van der Waals surface area contributed by atoms with E-state index in [1.54, 1.807) is 22.9 Å². The highest BCUT2D eigenvalue weighted by Crippen LogP contribution is 2.28. The lowest BCUT2D eigenvalue weighted by atomic mass is 10.2. The molecule has 0 atom stereocenters. The Hall–Kier alpha value is -1.41. The minimum atomic E-state index is -0.935. The van der Waals surface area contributed by atoms with Gasteiger partial charge in [0.15, 0.2) is 5.82 Å². The molecule has 0 amide bonds. The Kier molecular flexibility index (Phi) is 5.75. The van der Waals surface area contributed by atoms with Crippen molar-refractivity contribution in [3.63, 3.8) is 0 Å². The van der Waals surface area contributed by atoms with Crippen molar-refractivity contribution in [3.05, 3.63) is 34.1 Å². The highest BCUT2D eigenvalue weighted by atomic mass is 79.9. The van der Waals surface area contributed by atoms with Gasteiger partial charge in [0.25, 0.3) is 0 Å². The summed E-state index contributed by atoms with van der Waals surface area (Å²) < 4.78 is 2.62. The number of aromatic nitrogens is 4. The molecule has 0 bridgehead atoms. The quantitative estimate of drug-likeness (QED) is 0.753. The van der Waals surface area contributed by atoms with Crippen molar-refractivity contribution in [3.8, 4) is 0 Å². The second kappa shape index (κ2) is 7.56. The number of benzene rings is 1. The van der Waals surface area contributed by atoms with Crippen LogP contribution in [0.25, 0.3) is 0 Å². The number of carboxylic acids is 1. The van der Waals surface area contributed by atoms with Crippen LogP contribution >= 0.6 is 27.7 Å². The normalized spacial score (nSPS) is 10.8. The first-order valence-electron chi connectivity index (χ1n) is 6.52. The molecular formula is C13H15BrN4O2S. The molecule has 0 saturated heterocycles. The van der Waals surface area contributed by atoms with Gasteiger partial charge in [0.1, 0.15) is 0 Å². The van der Waals surface area contributed by atoms with Crippen LogP contribution in [-0.2, 0) is 12.3 Å². The molecule has 1 heterocycles. The van der Waals surface area contributed by atoms with E-state index in [-0.39, 0.29) is 5.56 Å². The molecule has 8 heteroatoms. The Morgan fingerprint density at radius 3 is 3.00 bits per heavy atom. The van der Waals surface area contributed by atoms with E-state index in [4.69, 9.17) is 0 Å². The van der Waals surface area contributed by atoms with Gasteiger partial charge in [-0.25, -0.2) is 9.48 Å². The van der Waals surface area contributed by atoms with Crippen LogP contribution < -0.4 is 0 Å². The number of tetrazole rings is 1. The van der Waals surface area contributed by atoms with Gasteiger partial charge in [0.2, 0.25) is 0 Å². The van der Waals surface area contributed by atoms with Gasteiger partial charge in [0.05, 0.1) is 11.3 Å². The summed E-state index contributed by atoms with van der Waals surface area (Å²) >= 11 is 4.78. The molecule has 2 rings (SSSR count). The Bertz CT molecular complexity index is 632. The molecule has 0 aliphatic rings. The summed E-state index contributed by atoms with van der Waals surface area (Å²) in [5.74, 6) is 0.355. The van der Waals surface area contributed by atoms with Crippen LogP contribution in [-0.4, -0.2) is 31.3 Å². The first-order valence-corrected chi connectivity index (χ1v) is 8.30. The summed E-state index contributed by atoms with van der Waals surface area (Å²) in [6.07, 6.45) is 2.08. The largest absolute Gasteiger partial charge is 0.478 e. The number of halogens is 1. The molecule has 0 unspecified atom stereocenters. The molecule has 0 radical (unpaired) electrons. The van der Waals surface area contributed by atoms with E-state index in [9.17, 15) is 9.90 Å². The molecule has 0 aliphatic carbocycles. The molecule has 2 aromatic rings. The average Bonchev–Trinajstić information content (AvgIpc) is 2.90. The van der Waals surface area contributed by atoms with Gasteiger partial charge >= 0.3 is 5.97 Å². The number of hydrogen-bond donors (Lipinski definition) is 1. The number of carboxylic acid groups (broad SMARTS) is 1. The molecule has 0 fully saturated rings. The minimum Gasteiger partial charge on any atom is -0.478 e. The van der Waals surface area contributed by atoms with Crippen molar-refractivity contribution in [2.45, 2.75) is 37.0 Å². The maximum Gasteiger partial charge on any atom is 0.336 e. The first kappa shape index (κ1) is 16.0. The summed E-state index contributed by atoms with van der Waals surface area (Å²) in [5.41, 5.74) is 0.288. The SMILES string of the molecule is CCCCn1nnnc1CSc1cc(Br)ccc1C(=O)O. The van der Waals surface area contributed by atoms with E-state index < -0.39 is 5.97 Å². The Morgan fingerprint density at radius 1 is 1.48 bits per heavy atom. The smallest absolute Gasteiger partial charge is 0.336 e. The third kappa shape index (κ3) is 4.28. The van der Waals surface area contributed by atoms with E-state index in [1.165, 1.54) is 11.8 Å². The number of hydrogen-bond acceptors (Lipinski definition) is 5. The summed E-state index contributed by atoms with van der Waals surface area (Å²) in [7, 11) is 0. The minimum absolute atomic E-state index is 0.288. The molecule has 6 nitrogen and oxygen atoms in total. The van der Waals surface area contributed by atoms with Gasteiger partial charge < -0.3 is 5.11 Å². The van der Waals surface area contributed by atoms with Crippen molar-refractivity contribution in [1.82, 2.24) is 20.2 Å².